The molecule has 3 nitrogen and oxygen atoms in total. The van der Waals surface area contributed by atoms with E-state index in [0.717, 1.165) is 29.9 Å². The first-order chi connectivity index (χ1) is 12.5. The van der Waals surface area contributed by atoms with Gasteiger partial charge in [-0.15, -0.1) is 0 Å². The van der Waals surface area contributed by atoms with Crippen LogP contribution in [0.25, 0.3) is 0 Å². The van der Waals surface area contributed by atoms with Crippen molar-refractivity contribution in [2.24, 2.45) is 4.99 Å². The lowest BCUT2D eigenvalue weighted by Gasteiger charge is -2.24. The lowest BCUT2D eigenvalue weighted by Crippen LogP contribution is -2.14. The summed E-state index contributed by atoms with van der Waals surface area (Å²) >= 11 is 12.4. The highest BCUT2D eigenvalue weighted by atomic mass is 35.5. The second kappa shape index (κ2) is 8.40. The number of alkyl halides is 3. The van der Waals surface area contributed by atoms with Gasteiger partial charge < -0.3 is 9.80 Å². The van der Waals surface area contributed by atoms with E-state index in [0.29, 0.717) is 16.4 Å². The predicted molar refractivity (Wildman–Crippen MR) is 107 cm³/mol. The zero-order valence-electron chi connectivity index (χ0n) is 15.4. The number of aliphatic imine (C=N–C) groups is 1. The average molecular weight is 418 g/mol. The van der Waals surface area contributed by atoms with E-state index in [2.05, 4.69) is 4.99 Å². The summed E-state index contributed by atoms with van der Waals surface area (Å²) in [6.45, 7) is 4.70. The molecule has 8 heteroatoms. The zero-order valence-corrected chi connectivity index (χ0v) is 16.9. The standard InChI is InChI=1S/C19H20Cl2F3N3/c1-5-26(3)11-25-16-8-12(2)18(10-14(16)20)27(4)17-7-6-13(9-15(17)21)19(22,23)24/h6-11H,5H2,1-4H3/b25-11-. The molecule has 2 aromatic rings. The summed E-state index contributed by atoms with van der Waals surface area (Å²) in [7, 11) is 3.62. The Morgan fingerprint density at radius 1 is 1.04 bits per heavy atom. The normalized spacial score (nSPS) is 11.9. The van der Waals surface area contributed by atoms with Crippen molar-refractivity contribution in [1.29, 1.82) is 0 Å². The Hall–Kier alpha value is -1.92. The van der Waals surface area contributed by atoms with Crippen molar-refractivity contribution in [2.45, 2.75) is 20.0 Å². The SMILES string of the molecule is CCN(C)/C=N\c1cc(C)c(N(C)c2ccc(C(F)(F)F)cc2Cl)cc1Cl. The molecule has 0 amide bonds. The van der Waals surface area contributed by atoms with E-state index < -0.39 is 11.7 Å². The van der Waals surface area contributed by atoms with Crippen molar-refractivity contribution >= 4 is 46.6 Å². The zero-order chi connectivity index (χ0) is 20.4. The van der Waals surface area contributed by atoms with Gasteiger partial charge in [-0.25, -0.2) is 4.99 Å². The van der Waals surface area contributed by atoms with Crippen LogP contribution in [0.15, 0.2) is 35.3 Å². The molecule has 2 aromatic carbocycles. The molecule has 0 N–H and O–H groups in total. The van der Waals surface area contributed by atoms with Gasteiger partial charge in [0.25, 0.3) is 0 Å². The Labute approximate surface area is 167 Å². The number of anilines is 2. The third kappa shape index (κ3) is 5.08. The van der Waals surface area contributed by atoms with Crippen LogP contribution in [0, 0.1) is 6.92 Å². The minimum absolute atomic E-state index is 0.00881. The Morgan fingerprint density at radius 2 is 1.70 bits per heavy atom. The lowest BCUT2D eigenvalue weighted by molar-refractivity contribution is -0.137. The van der Waals surface area contributed by atoms with Gasteiger partial charge in [-0.3, -0.25) is 0 Å². The maximum atomic E-state index is 12.8. The minimum Gasteiger partial charge on any atom is -0.366 e. The molecule has 0 spiro atoms. The van der Waals surface area contributed by atoms with Crippen LogP contribution in [0.4, 0.5) is 30.2 Å². The summed E-state index contributed by atoms with van der Waals surface area (Å²) in [5, 5.41) is 0.445. The predicted octanol–water partition coefficient (Wildman–Crippen LogP) is 6.70. The molecule has 0 aliphatic heterocycles. The first kappa shape index (κ1) is 21.4. The maximum Gasteiger partial charge on any atom is 0.416 e. The van der Waals surface area contributed by atoms with Crippen LogP contribution in [0.5, 0.6) is 0 Å². The van der Waals surface area contributed by atoms with E-state index in [1.807, 2.05) is 31.9 Å². The molecule has 27 heavy (non-hydrogen) atoms. The summed E-state index contributed by atoms with van der Waals surface area (Å²) in [5.74, 6) is 0. The summed E-state index contributed by atoms with van der Waals surface area (Å²) in [6.07, 6.45) is -2.75. The maximum absolute atomic E-state index is 12.8. The molecule has 0 bridgehead atoms. The lowest BCUT2D eigenvalue weighted by atomic mass is 10.1. The molecular formula is C19H20Cl2F3N3. The van der Waals surface area contributed by atoms with Gasteiger partial charge in [0.2, 0.25) is 0 Å². The Morgan fingerprint density at radius 3 is 2.26 bits per heavy atom. The molecule has 0 unspecified atom stereocenters. The number of halogens is 5. The average Bonchev–Trinajstić information content (AvgIpc) is 2.60. The van der Waals surface area contributed by atoms with Gasteiger partial charge >= 0.3 is 6.18 Å². The minimum atomic E-state index is -4.44. The third-order valence-corrected chi connectivity index (χ3v) is 4.76. The van der Waals surface area contributed by atoms with Gasteiger partial charge in [0.05, 0.1) is 33.3 Å². The number of nitrogens with zero attached hydrogens (tertiary/aromatic N) is 3. The fourth-order valence-corrected chi connectivity index (χ4v) is 2.96. The fraction of sp³-hybridized carbons (Fsp3) is 0.316. The van der Waals surface area contributed by atoms with E-state index >= 15 is 0 Å². The largest absolute Gasteiger partial charge is 0.416 e. The van der Waals surface area contributed by atoms with Crippen molar-refractivity contribution in [1.82, 2.24) is 4.90 Å². The number of hydrogen-bond donors (Lipinski definition) is 0. The molecule has 146 valence electrons. The molecular weight excluding hydrogens is 398 g/mol. The van der Waals surface area contributed by atoms with Crippen molar-refractivity contribution in [3.05, 3.63) is 51.5 Å². The second-order valence-electron chi connectivity index (χ2n) is 6.13. The van der Waals surface area contributed by atoms with Crippen molar-refractivity contribution in [3.8, 4) is 0 Å². The van der Waals surface area contributed by atoms with Gasteiger partial charge in [-0.1, -0.05) is 23.2 Å². The number of hydrogen-bond acceptors (Lipinski definition) is 2. The van der Waals surface area contributed by atoms with Crippen molar-refractivity contribution < 1.29 is 13.2 Å². The number of benzene rings is 2. The summed E-state index contributed by atoms with van der Waals surface area (Å²) < 4.78 is 38.5. The van der Waals surface area contributed by atoms with Crippen molar-refractivity contribution in [3.63, 3.8) is 0 Å². The molecule has 0 saturated heterocycles. The second-order valence-corrected chi connectivity index (χ2v) is 6.95. The van der Waals surface area contributed by atoms with Crippen LogP contribution < -0.4 is 4.90 Å². The Bertz CT molecular complexity index is 851. The van der Waals surface area contributed by atoms with E-state index in [1.54, 1.807) is 24.4 Å². The monoisotopic (exact) mass is 417 g/mol. The molecule has 0 atom stereocenters. The van der Waals surface area contributed by atoms with Gasteiger partial charge in [0, 0.05) is 26.3 Å². The van der Waals surface area contributed by atoms with Crippen LogP contribution in [0.3, 0.4) is 0 Å². The molecule has 0 aromatic heterocycles. The van der Waals surface area contributed by atoms with Crippen LogP contribution >= 0.6 is 23.2 Å². The van der Waals surface area contributed by atoms with Gasteiger partial charge in [0.1, 0.15) is 0 Å². The molecule has 0 fully saturated rings. The molecule has 0 saturated carbocycles. The van der Waals surface area contributed by atoms with Crippen LogP contribution in [-0.2, 0) is 6.18 Å². The highest BCUT2D eigenvalue weighted by Gasteiger charge is 2.31. The summed E-state index contributed by atoms with van der Waals surface area (Å²) in [4.78, 5) is 7.98. The highest BCUT2D eigenvalue weighted by molar-refractivity contribution is 6.34. The van der Waals surface area contributed by atoms with Gasteiger partial charge in [-0.2, -0.15) is 13.2 Å². The Balaban J connectivity index is 2.38. The van der Waals surface area contributed by atoms with Crippen LogP contribution in [0.1, 0.15) is 18.1 Å². The van der Waals surface area contributed by atoms with Crippen molar-refractivity contribution in [2.75, 3.05) is 25.5 Å². The third-order valence-electron chi connectivity index (χ3n) is 4.16. The number of rotatable bonds is 5. The smallest absolute Gasteiger partial charge is 0.366 e. The molecule has 0 radical (unpaired) electrons. The van der Waals surface area contributed by atoms with E-state index in [1.165, 1.54) is 6.07 Å². The summed E-state index contributed by atoms with van der Waals surface area (Å²) in [6, 6.07) is 6.83. The number of aryl methyl sites for hydroxylation is 1. The fourth-order valence-electron chi connectivity index (χ4n) is 2.44. The topological polar surface area (TPSA) is 18.8 Å². The quantitative estimate of drug-likeness (QED) is 0.398. The molecule has 2 rings (SSSR count). The molecule has 0 aliphatic carbocycles. The van der Waals surface area contributed by atoms with Crippen LogP contribution in [-0.4, -0.2) is 31.9 Å². The molecule has 0 aliphatic rings. The van der Waals surface area contributed by atoms with Gasteiger partial charge in [0.15, 0.2) is 0 Å². The van der Waals surface area contributed by atoms with E-state index in [-0.39, 0.29) is 5.02 Å². The summed E-state index contributed by atoms with van der Waals surface area (Å²) in [5.41, 5.74) is 1.87. The van der Waals surface area contributed by atoms with E-state index in [9.17, 15) is 13.2 Å². The first-order valence-electron chi connectivity index (χ1n) is 8.19. The van der Waals surface area contributed by atoms with E-state index in [4.69, 9.17) is 23.2 Å². The highest BCUT2D eigenvalue weighted by Crippen LogP contribution is 2.39. The molecule has 0 heterocycles. The van der Waals surface area contributed by atoms with Gasteiger partial charge in [-0.05, 0) is 49.7 Å². The Kier molecular flexibility index (Phi) is 6.65. The van der Waals surface area contributed by atoms with Crippen LogP contribution in [0.2, 0.25) is 10.0 Å². The first-order valence-corrected chi connectivity index (χ1v) is 8.95.